The van der Waals surface area contributed by atoms with Gasteiger partial charge in [0, 0.05) is 28.8 Å². The highest BCUT2D eigenvalue weighted by Gasteiger charge is 2.12. The van der Waals surface area contributed by atoms with Gasteiger partial charge in [0.05, 0.1) is 6.61 Å². The molecule has 0 saturated heterocycles. The highest BCUT2D eigenvalue weighted by atomic mass is 127. The van der Waals surface area contributed by atoms with Gasteiger partial charge >= 0.3 is 11.9 Å². The van der Waals surface area contributed by atoms with Crippen molar-refractivity contribution in [2.75, 3.05) is 26.4 Å². The highest BCUT2D eigenvalue weighted by Crippen LogP contribution is 2.22. The summed E-state index contributed by atoms with van der Waals surface area (Å²) in [4.78, 5) is 21.6. The van der Waals surface area contributed by atoms with Gasteiger partial charge in [0.25, 0.3) is 6.48 Å². The molecule has 0 fully saturated rings. The largest absolute Gasteiger partial charge is 0.507 e. The first-order valence-corrected chi connectivity index (χ1v) is 11.9. The number of hydrogen-bond donors (Lipinski definition) is 3. The summed E-state index contributed by atoms with van der Waals surface area (Å²) in [6, 6.07) is 8.86. The van der Waals surface area contributed by atoms with Gasteiger partial charge in [0.1, 0.15) is 22.6 Å². The monoisotopic (exact) mass is 736 g/mol. The maximum absolute atomic E-state index is 11.2. The molecule has 9 nitrogen and oxygen atoms in total. The predicted molar refractivity (Wildman–Crippen MR) is 149 cm³/mol. The number of carbonyl (C=O) groups is 2. The van der Waals surface area contributed by atoms with Crippen molar-refractivity contribution in [2.24, 2.45) is 0 Å². The first kappa shape index (κ1) is 35.7. The third-order valence-corrected chi connectivity index (χ3v) is 4.54. The van der Waals surface area contributed by atoms with Crippen LogP contribution in [-0.2, 0) is 18.9 Å². The van der Waals surface area contributed by atoms with Gasteiger partial charge in [-0.05, 0) is 64.1 Å². The first-order chi connectivity index (χ1) is 16.1. The van der Waals surface area contributed by atoms with Crippen molar-refractivity contribution in [3.8, 4) is 11.5 Å². The van der Waals surface area contributed by atoms with E-state index in [1.54, 1.807) is 19.1 Å². The van der Waals surface area contributed by atoms with Crippen molar-refractivity contribution in [1.82, 2.24) is 0 Å². The maximum atomic E-state index is 11.2. The van der Waals surface area contributed by atoms with Gasteiger partial charge < -0.3 is 34.3 Å². The molecule has 0 atom stereocenters. The van der Waals surface area contributed by atoms with E-state index in [1.807, 2.05) is 20.8 Å². The molecule has 198 valence electrons. The Morgan fingerprint density at radius 1 is 0.771 bits per heavy atom. The molecule has 0 unspecified atom stereocenters. The van der Waals surface area contributed by atoms with E-state index < -0.39 is 18.4 Å². The minimum atomic E-state index is -1.14. The number of phenols is 2. The third-order valence-electron chi connectivity index (χ3n) is 3.55. The Morgan fingerprint density at radius 2 is 1.17 bits per heavy atom. The number of benzene rings is 2. The molecule has 0 radical (unpaired) electrons. The smallest absolute Gasteiger partial charge is 0.341 e. The zero-order chi connectivity index (χ0) is 26.1. The normalized spacial score (nSPS) is 9.69. The molecule has 0 aliphatic heterocycles. The van der Waals surface area contributed by atoms with Crippen LogP contribution in [0.25, 0.3) is 0 Å². The zero-order valence-corrected chi connectivity index (χ0v) is 25.3. The van der Waals surface area contributed by atoms with Crippen LogP contribution in [0.3, 0.4) is 0 Å². The molecule has 0 aromatic heterocycles. The number of ether oxygens (including phenoxy) is 4. The van der Waals surface area contributed by atoms with Crippen LogP contribution in [0.1, 0.15) is 48.4 Å². The highest BCUT2D eigenvalue weighted by molar-refractivity contribution is 14.0. The standard InChI is InChI=1S/C9H9BrO3.C7H5BrO3.C7H16O3.HI/c1-2-13-9(12)7-5-6(10)3-4-8(7)11;8-4-1-2-6(9)5(3-4)7(10)11;1-4-8-7(9-5-2)10-6-3;/h3-5,11H,2H2,1H3;1-3,9H,(H,10,11);7H,4-6H2,1-3H3;1H. The molecule has 35 heavy (non-hydrogen) atoms. The fourth-order valence-electron chi connectivity index (χ4n) is 2.11. The summed E-state index contributed by atoms with van der Waals surface area (Å²) in [6.45, 7) is 9.11. The van der Waals surface area contributed by atoms with Crippen LogP contribution in [0.5, 0.6) is 11.5 Å². The van der Waals surface area contributed by atoms with Crippen molar-refractivity contribution >= 4 is 67.8 Å². The number of halogens is 3. The van der Waals surface area contributed by atoms with E-state index in [0.29, 0.717) is 30.9 Å². The molecular formula is C23H31Br2IO9. The summed E-state index contributed by atoms with van der Waals surface area (Å²) < 4.78 is 21.3. The van der Waals surface area contributed by atoms with Crippen molar-refractivity contribution in [1.29, 1.82) is 0 Å². The van der Waals surface area contributed by atoms with E-state index in [2.05, 4.69) is 31.9 Å². The quantitative estimate of drug-likeness (QED) is 0.157. The third kappa shape index (κ3) is 15.3. The molecule has 0 bridgehead atoms. The van der Waals surface area contributed by atoms with Gasteiger partial charge in [-0.25, -0.2) is 9.59 Å². The fourth-order valence-corrected chi connectivity index (χ4v) is 2.83. The minimum Gasteiger partial charge on any atom is -0.507 e. The van der Waals surface area contributed by atoms with Crippen LogP contribution < -0.4 is 0 Å². The van der Waals surface area contributed by atoms with E-state index in [9.17, 15) is 14.7 Å². The van der Waals surface area contributed by atoms with Crippen LogP contribution in [0.15, 0.2) is 45.3 Å². The number of aromatic carboxylic acids is 1. The van der Waals surface area contributed by atoms with Crippen LogP contribution in [-0.4, -0.2) is 60.2 Å². The van der Waals surface area contributed by atoms with E-state index in [-0.39, 0.29) is 46.6 Å². The summed E-state index contributed by atoms with van der Waals surface area (Å²) >= 11 is 6.29. The molecular weight excluding hydrogens is 707 g/mol. The Balaban J connectivity index is 0. The van der Waals surface area contributed by atoms with Gasteiger partial charge in [0.15, 0.2) is 0 Å². The number of carbonyl (C=O) groups excluding carboxylic acids is 1. The van der Waals surface area contributed by atoms with E-state index in [0.717, 1.165) is 4.47 Å². The lowest BCUT2D eigenvalue weighted by Gasteiger charge is -2.15. The Bertz CT molecular complexity index is 883. The average molecular weight is 738 g/mol. The van der Waals surface area contributed by atoms with Gasteiger partial charge in [0.2, 0.25) is 0 Å². The Hall–Kier alpha value is -1.45. The molecule has 0 saturated carbocycles. The second-order valence-corrected chi connectivity index (χ2v) is 7.83. The molecule has 0 spiro atoms. The number of esters is 1. The molecule has 0 amide bonds. The molecule has 2 aromatic rings. The van der Waals surface area contributed by atoms with Gasteiger partial charge in [-0.3, -0.25) is 0 Å². The topological polar surface area (TPSA) is 132 Å². The van der Waals surface area contributed by atoms with Crippen LogP contribution >= 0.6 is 55.8 Å². The summed E-state index contributed by atoms with van der Waals surface area (Å²) in [5.74, 6) is -1.94. The number of aromatic hydroxyl groups is 2. The maximum Gasteiger partial charge on any atom is 0.341 e. The molecule has 3 N–H and O–H groups in total. The lowest BCUT2D eigenvalue weighted by Crippen LogP contribution is -2.20. The Kier molecular flexibility index (Phi) is 21.1. The first-order valence-electron chi connectivity index (χ1n) is 10.3. The summed E-state index contributed by atoms with van der Waals surface area (Å²) in [6.07, 6.45) is 0. The minimum absolute atomic E-state index is 0. The molecule has 0 heterocycles. The number of phenolic OH excluding ortho intramolecular Hbond substituents is 1. The van der Waals surface area contributed by atoms with E-state index in [1.165, 1.54) is 24.3 Å². The van der Waals surface area contributed by atoms with Crippen LogP contribution in [0.4, 0.5) is 0 Å². The van der Waals surface area contributed by atoms with Gasteiger partial charge in [-0.15, -0.1) is 24.0 Å². The van der Waals surface area contributed by atoms with Gasteiger partial charge in [-0.2, -0.15) is 0 Å². The molecule has 0 aliphatic carbocycles. The van der Waals surface area contributed by atoms with Gasteiger partial charge in [-0.1, -0.05) is 31.9 Å². The lowest BCUT2D eigenvalue weighted by atomic mass is 10.2. The summed E-state index contributed by atoms with van der Waals surface area (Å²) in [7, 11) is 0. The molecule has 2 rings (SSSR count). The summed E-state index contributed by atoms with van der Waals surface area (Å²) in [5, 5.41) is 26.8. The molecule has 2 aromatic carbocycles. The van der Waals surface area contributed by atoms with E-state index >= 15 is 0 Å². The van der Waals surface area contributed by atoms with Crippen LogP contribution in [0.2, 0.25) is 0 Å². The van der Waals surface area contributed by atoms with Crippen molar-refractivity contribution < 1.29 is 43.9 Å². The number of rotatable bonds is 9. The van der Waals surface area contributed by atoms with Crippen molar-refractivity contribution in [2.45, 2.75) is 34.2 Å². The van der Waals surface area contributed by atoms with E-state index in [4.69, 9.17) is 29.2 Å². The fraction of sp³-hybridized carbons (Fsp3) is 0.391. The predicted octanol–water partition coefficient (Wildman–Crippen LogP) is 6.18. The van der Waals surface area contributed by atoms with Crippen LogP contribution in [0, 0.1) is 0 Å². The van der Waals surface area contributed by atoms with Crippen molar-refractivity contribution in [3.05, 3.63) is 56.5 Å². The second-order valence-electron chi connectivity index (χ2n) is 6.00. The average Bonchev–Trinajstić information content (AvgIpc) is 2.78. The lowest BCUT2D eigenvalue weighted by molar-refractivity contribution is -0.282. The number of carboxylic acids is 1. The number of carboxylic acid groups (broad SMARTS) is 1. The molecule has 0 aliphatic rings. The molecule has 12 heteroatoms. The Labute approximate surface area is 239 Å². The van der Waals surface area contributed by atoms with Crippen molar-refractivity contribution in [3.63, 3.8) is 0 Å². The Morgan fingerprint density at radius 3 is 1.51 bits per heavy atom. The zero-order valence-electron chi connectivity index (χ0n) is 19.8. The second kappa shape index (κ2) is 20.7. The SMILES string of the molecule is CCOC(=O)c1cc(Br)ccc1O.CCOC(OCC)OCC.I.O=C(O)c1cc(Br)ccc1O. The summed E-state index contributed by atoms with van der Waals surface area (Å²) in [5.41, 5.74) is 0.0793. The number of hydrogen-bond acceptors (Lipinski definition) is 8.